The molecule has 0 unspecified atom stereocenters. The van der Waals surface area contributed by atoms with E-state index >= 15 is 0 Å². The van der Waals surface area contributed by atoms with Gasteiger partial charge in [-0.05, 0) is 25.0 Å². The van der Waals surface area contributed by atoms with E-state index in [2.05, 4.69) is 15.0 Å². The van der Waals surface area contributed by atoms with Crippen molar-refractivity contribution in [1.29, 1.82) is 0 Å². The molecule has 0 atom stereocenters. The SMILES string of the molecule is COc1ncc(-c2nc3nc(-c4ccccc4)n(-c4c(C)cccc4C)c(=O)c3s2)cn1. The first-order valence-corrected chi connectivity index (χ1v) is 10.8. The summed E-state index contributed by atoms with van der Waals surface area (Å²) in [5.74, 6) is 0.559. The maximum atomic E-state index is 13.8. The minimum atomic E-state index is -0.149. The molecule has 0 saturated heterocycles. The van der Waals surface area contributed by atoms with E-state index in [1.807, 2.05) is 62.4 Å². The van der Waals surface area contributed by atoms with E-state index in [0.717, 1.165) is 22.4 Å². The van der Waals surface area contributed by atoms with E-state index in [1.165, 1.54) is 18.4 Å². The predicted octanol–water partition coefficient (Wildman–Crippen LogP) is 4.59. The highest BCUT2D eigenvalue weighted by Gasteiger charge is 2.20. The lowest BCUT2D eigenvalue weighted by molar-refractivity contribution is 0.380. The Kier molecular flexibility index (Phi) is 4.99. The Balaban J connectivity index is 1.81. The molecule has 5 aromatic rings. The molecule has 5 rings (SSSR count). The number of hydrogen-bond donors (Lipinski definition) is 0. The van der Waals surface area contributed by atoms with E-state index in [-0.39, 0.29) is 11.6 Å². The van der Waals surface area contributed by atoms with Crippen LogP contribution in [0.2, 0.25) is 0 Å². The van der Waals surface area contributed by atoms with Crippen LogP contribution in [0.4, 0.5) is 0 Å². The third-order valence-electron chi connectivity index (χ3n) is 5.18. The molecule has 0 amide bonds. The van der Waals surface area contributed by atoms with Crippen molar-refractivity contribution in [1.82, 2.24) is 24.5 Å². The molecule has 32 heavy (non-hydrogen) atoms. The van der Waals surface area contributed by atoms with Gasteiger partial charge in [-0.15, -0.1) is 11.3 Å². The van der Waals surface area contributed by atoms with Gasteiger partial charge >= 0.3 is 6.01 Å². The number of benzene rings is 2. The molecular weight excluding hydrogens is 422 g/mol. The molecule has 8 heteroatoms. The first-order valence-electron chi connectivity index (χ1n) is 9.99. The first-order chi connectivity index (χ1) is 15.6. The van der Waals surface area contributed by atoms with E-state index in [1.54, 1.807) is 17.0 Å². The molecule has 0 spiro atoms. The zero-order chi connectivity index (χ0) is 22.2. The number of methoxy groups -OCH3 is 1. The summed E-state index contributed by atoms with van der Waals surface area (Å²) < 4.78 is 7.22. The second kappa shape index (κ2) is 7.97. The molecule has 3 aromatic heterocycles. The lowest BCUT2D eigenvalue weighted by Gasteiger charge is -2.16. The van der Waals surface area contributed by atoms with Gasteiger partial charge in [0.15, 0.2) is 5.65 Å². The van der Waals surface area contributed by atoms with Gasteiger partial charge in [-0.2, -0.15) is 0 Å². The summed E-state index contributed by atoms with van der Waals surface area (Å²) in [6, 6.07) is 16.0. The van der Waals surface area contributed by atoms with Gasteiger partial charge in [0.05, 0.1) is 12.8 Å². The average Bonchev–Trinajstić information content (AvgIpc) is 3.25. The number of aryl methyl sites for hydroxylation is 2. The molecule has 0 bridgehead atoms. The number of rotatable bonds is 4. The van der Waals surface area contributed by atoms with Gasteiger partial charge in [-0.3, -0.25) is 9.36 Å². The highest BCUT2D eigenvalue weighted by molar-refractivity contribution is 7.21. The van der Waals surface area contributed by atoms with Crippen molar-refractivity contribution in [2.45, 2.75) is 13.8 Å². The van der Waals surface area contributed by atoms with Crippen molar-refractivity contribution in [3.8, 4) is 33.7 Å². The smallest absolute Gasteiger partial charge is 0.316 e. The molecular formula is C24H19N5O2S. The van der Waals surface area contributed by atoms with Crippen LogP contribution in [0.15, 0.2) is 65.7 Å². The monoisotopic (exact) mass is 441 g/mol. The summed E-state index contributed by atoms with van der Waals surface area (Å²) in [5, 5.41) is 0.630. The standard InChI is InChI=1S/C24H19N5O2S/c1-14-8-7-9-15(2)18(14)29-21(16-10-5-4-6-11-16)27-20-19(23(29)30)32-22(28-20)17-12-25-24(31-3)26-13-17/h4-13H,1-3H3. The van der Waals surface area contributed by atoms with E-state index in [0.29, 0.717) is 26.7 Å². The topological polar surface area (TPSA) is 82.8 Å². The molecule has 0 aliphatic rings. The normalized spacial score (nSPS) is 11.1. The molecule has 0 saturated carbocycles. The molecule has 0 fully saturated rings. The zero-order valence-electron chi connectivity index (χ0n) is 17.7. The third-order valence-corrected chi connectivity index (χ3v) is 6.26. The molecule has 2 aromatic carbocycles. The number of fused-ring (bicyclic) bond motifs is 1. The Labute approximate surface area is 188 Å². The zero-order valence-corrected chi connectivity index (χ0v) is 18.6. The number of para-hydroxylation sites is 1. The van der Waals surface area contributed by atoms with E-state index in [4.69, 9.17) is 9.72 Å². The van der Waals surface area contributed by atoms with Crippen LogP contribution in [0.1, 0.15) is 11.1 Å². The second-order valence-electron chi connectivity index (χ2n) is 7.31. The summed E-state index contributed by atoms with van der Waals surface area (Å²) in [7, 11) is 1.51. The Hall–Kier alpha value is -3.91. The van der Waals surface area contributed by atoms with Gasteiger partial charge in [-0.1, -0.05) is 48.5 Å². The summed E-state index contributed by atoms with van der Waals surface area (Å²) in [4.78, 5) is 31.6. The largest absolute Gasteiger partial charge is 0.467 e. The Morgan fingerprint density at radius 1 is 0.875 bits per heavy atom. The molecule has 3 heterocycles. The summed E-state index contributed by atoms with van der Waals surface area (Å²) in [6.45, 7) is 4.00. The molecule has 0 aliphatic heterocycles. The van der Waals surface area contributed by atoms with Gasteiger partial charge in [0.1, 0.15) is 15.5 Å². The predicted molar refractivity (Wildman–Crippen MR) is 126 cm³/mol. The van der Waals surface area contributed by atoms with Crippen LogP contribution >= 0.6 is 11.3 Å². The van der Waals surface area contributed by atoms with Crippen molar-refractivity contribution < 1.29 is 4.74 Å². The quantitative estimate of drug-likeness (QED) is 0.406. The molecule has 0 N–H and O–H groups in total. The van der Waals surface area contributed by atoms with Crippen LogP contribution in [0, 0.1) is 13.8 Å². The minimum absolute atomic E-state index is 0.149. The number of thiazole rings is 1. The fourth-order valence-corrected chi connectivity index (χ4v) is 4.59. The number of aromatic nitrogens is 5. The lowest BCUT2D eigenvalue weighted by Crippen LogP contribution is -2.22. The van der Waals surface area contributed by atoms with Crippen molar-refractivity contribution in [2.75, 3.05) is 7.11 Å². The average molecular weight is 442 g/mol. The highest BCUT2D eigenvalue weighted by Crippen LogP contribution is 2.31. The van der Waals surface area contributed by atoms with Crippen LogP contribution in [0.3, 0.4) is 0 Å². The molecule has 0 radical (unpaired) electrons. The van der Waals surface area contributed by atoms with Gasteiger partial charge in [-0.25, -0.2) is 19.9 Å². The van der Waals surface area contributed by atoms with Crippen LogP contribution in [-0.4, -0.2) is 31.6 Å². The van der Waals surface area contributed by atoms with E-state index < -0.39 is 0 Å². The van der Waals surface area contributed by atoms with Gasteiger partial charge < -0.3 is 4.74 Å². The lowest BCUT2D eigenvalue weighted by atomic mass is 10.1. The summed E-state index contributed by atoms with van der Waals surface area (Å²) >= 11 is 1.29. The Morgan fingerprint density at radius 3 is 2.22 bits per heavy atom. The summed E-state index contributed by atoms with van der Waals surface area (Å²) in [5.41, 5.74) is 4.65. The molecule has 158 valence electrons. The summed E-state index contributed by atoms with van der Waals surface area (Å²) in [6.07, 6.45) is 3.26. The first kappa shape index (κ1) is 20.0. The highest BCUT2D eigenvalue weighted by atomic mass is 32.1. The van der Waals surface area contributed by atoms with Crippen molar-refractivity contribution >= 4 is 21.7 Å². The number of hydrogen-bond acceptors (Lipinski definition) is 7. The molecule has 7 nitrogen and oxygen atoms in total. The fraction of sp³-hybridized carbons (Fsp3) is 0.125. The van der Waals surface area contributed by atoms with Crippen molar-refractivity contribution in [3.63, 3.8) is 0 Å². The van der Waals surface area contributed by atoms with Crippen LogP contribution in [-0.2, 0) is 0 Å². The number of ether oxygens (including phenoxy) is 1. The Morgan fingerprint density at radius 2 is 1.56 bits per heavy atom. The van der Waals surface area contributed by atoms with Gasteiger partial charge in [0.2, 0.25) is 0 Å². The Bertz CT molecular complexity index is 1470. The van der Waals surface area contributed by atoms with Gasteiger partial charge in [0.25, 0.3) is 5.56 Å². The van der Waals surface area contributed by atoms with Crippen LogP contribution in [0.5, 0.6) is 6.01 Å². The van der Waals surface area contributed by atoms with Crippen LogP contribution in [0.25, 0.3) is 38.0 Å². The van der Waals surface area contributed by atoms with Gasteiger partial charge in [0, 0.05) is 23.5 Å². The van der Waals surface area contributed by atoms with Crippen LogP contribution < -0.4 is 10.3 Å². The van der Waals surface area contributed by atoms with Crippen molar-refractivity contribution in [2.24, 2.45) is 0 Å². The maximum Gasteiger partial charge on any atom is 0.316 e. The fourth-order valence-electron chi connectivity index (χ4n) is 3.68. The molecule has 0 aliphatic carbocycles. The van der Waals surface area contributed by atoms with Crippen molar-refractivity contribution in [3.05, 3.63) is 82.4 Å². The second-order valence-corrected chi connectivity index (χ2v) is 8.31. The minimum Gasteiger partial charge on any atom is -0.467 e. The van der Waals surface area contributed by atoms with E-state index in [9.17, 15) is 4.79 Å². The number of nitrogens with zero attached hydrogens (tertiary/aromatic N) is 5. The maximum absolute atomic E-state index is 13.8. The third kappa shape index (κ3) is 3.34.